The summed E-state index contributed by atoms with van der Waals surface area (Å²) < 4.78 is 27.7. The number of alkyl halides is 1. The van der Waals surface area contributed by atoms with Crippen LogP contribution in [0.4, 0.5) is 0 Å². The maximum Gasteiger partial charge on any atom is 0.303 e. The van der Waals surface area contributed by atoms with Crippen molar-refractivity contribution in [3.8, 4) is 11.5 Å². The zero-order valence-electron chi connectivity index (χ0n) is 22.5. The highest BCUT2D eigenvalue weighted by Gasteiger charge is 2.26. The second-order valence-corrected chi connectivity index (χ2v) is 10.5. The van der Waals surface area contributed by atoms with E-state index < -0.39 is 30.1 Å². The minimum Gasteiger partial charge on any atom is -0.490 e. The number of rotatable bonds is 13. The van der Waals surface area contributed by atoms with Crippen molar-refractivity contribution in [2.75, 3.05) is 25.7 Å². The predicted molar refractivity (Wildman–Crippen MR) is 147 cm³/mol. The Hall–Kier alpha value is -2.78. The lowest BCUT2D eigenvalue weighted by Gasteiger charge is -2.28. The molecule has 8 nitrogen and oxygen atoms in total. The van der Waals surface area contributed by atoms with Crippen LogP contribution in [0, 0.1) is 6.92 Å². The molecular formula is C28H34BrClO8. The van der Waals surface area contributed by atoms with Gasteiger partial charge < -0.3 is 23.7 Å². The van der Waals surface area contributed by atoms with Gasteiger partial charge in [-0.25, -0.2) is 0 Å². The Kier molecular flexibility index (Phi) is 11.9. The van der Waals surface area contributed by atoms with Crippen molar-refractivity contribution in [1.82, 2.24) is 0 Å². The molecule has 0 heterocycles. The minimum atomic E-state index is -0.706. The zero-order chi connectivity index (χ0) is 28.5. The van der Waals surface area contributed by atoms with Gasteiger partial charge in [-0.05, 0) is 57.7 Å². The largest absolute Gasteiger partial charge is 0.490 e. The number of esters is 3. The fraction of sp³-hybridized carbons (Fsp3) is 0.464. The van der Waals surface area contributed by atoms with Crippen LogP contribution in [0.15, 0.2) is 40.9 Å². The summed E-state index contributed by atoms with van der Waals surface area (Å²) in [6.45, 7) is 10.2. The Bertz CT molecular complexity index is 1090. The maximum absolute atomic E-state index is 11.3. The highest BCUT2D eigenvalue weighted by molar-refractivity contribution is 9.10. The van der Waals surface area contributed by atoms with Crippen LogP contribution in [-0.2, 0) is 34.0 Å². The van der Waals surface area contributed by atoms with E-state index in [0.29, 0.717) is 11.5 Å². The SMILES string of the molecule is CC(=O)OC[C@H](COc1ccc(C(C)(C)c2cc(C)c(OC[C@@H](CCl)OC(C)=O)c(Br)c2)cc1)OC(C)=O. The van der Waals surface area contributed by atoms with Gasteiger partial charge in [0.15, 0.2) is 6.10 Å². The molecule has 0 aliphatic heterocycles. The first-order valence-electron chi connectivity index (χ1n) is 12.0. The Morgan fingerprint density at radius 3 is 1.95 bits per heavy atom. The topological polar surface area (TPSA) is 97.4 Å². The highest BCUT2D eigenvalue weighted by Crippen LogP contribution is 2.38. The average molecular weight is 614 g/mol. The second kappa shape index (κ2) is 14.4. The van der Waals surface area contributed by atoms with Crippen LogP contribution in [-0.4, -0.2) is 55.8 Å². The molecule has 0 aliphatic rings. The van der Waals surface area contributed by atoms with E-state index in [1.165, 1.54) is 20.8 Å². The smallest absolute Gasteiger partial charge is 0.303 e. The number of hydrogen-bond acceptors (Lipinski definition) is 8. The van der Waals surface area contributed by atoms with E-state index in [4.69, 9.17) is 35.3 Å². The Morgan fingerprint density at radius 1 is 0.842 bits per heavy atom. The summed E-state index contributed by atoms with van der Waals surface area (Å²) in [5.74, 6) is 0.0341. The van der Waals surface area contributed by atoms with Crippen molar-refractivity contribution >= 4 is 45.4 Å². The van der Waals surface area contributed by atoms with Gasteiger partial charge in [0.2, 0.25) is 0 Å². The summed E-state index contributed by atoms with van der Waals surface area (Å²) in [5, 5.41) is 0. The lowest BCUT2D eigenvalue weighted by atomic mass is 9.77. The van der Waals surface area contributed by atoms with Crippen molar-refractivity contribution < 1.29 is 38.1 Å². The lowest BCUT2D eigenvalue weighted by molar-refractivity contribution is -0.158. The molecule has 0 spiro atoms. The summed E-state index contributed by atoms with van der Waals surface area (Å²) in [6, 6.07) is 11.7. The van der Waals surface area contributed by atoms with Crippen LogP contribution in [0.25, 0.3) is 0 Å². The standard InChI is InChI=1S/C28H34BrClO8/c1-17-11-22(12-26(29)27(17)36-14-24(13-30)37-19(3)32)28(5,6)21-7-9-23(10-8-21)35-16-25(38-20(4)33)15-34-18(2)31/h7-12,24-25H,13-16H2,1-6H3/t24-,25-/m1/s1. The predicted octanol–water partition coefficient (Wildman–Crippen LogP) is 5.51. The maximum atomic E-state index is 11.3. The average Bonchev–Trinajstić information content (AvgIpc) is 2.83. The van der Waals surface area contributed by atoms with Gasteiger partial charge in [0, 0.05) is 26.2 Å². The van der Waals surface area contributed by atoms with Crippen LogP contribution in [0.1, 0.15) is 51.3 Å². The Morgan fingerprint density at radius 2 is 1.42 bits per heavy atom. The van der Waals surface area contributed by atoms with Crippen LogP contribution >= 0.6 is 27.5 Å². The van der Waals surface area contributed by atoms with Crippen LogP contribution < -0.4 is 9.47 Å². The third-order valence-corrected chi connectivity index (χ3v) is 6.62. The molecule has 0 saturated carbocycles. The number of ether oxygens (including phenoxy) is 5. The van der Waals surface area contributed by atoms with E-state index in [0.717, 1.165) is 21.2 Å². The summed E-state index contributed by atoms with van der Waals surface area (Å²) >= 11 is 9.50. The number of carbonyl (C=O) groups excluding carboxylic acids is 3. The quantitative estimate of drug-likeness (QED) is 0.166. The fourth-order valence-corrected chi connectivity index (χ4v) is 4.51. The molecule has 0 fully saturated rings. The first kappa shape index (κ1) is 31.4. The third-order valence-electron chi connectivity index (χ3n) is 5.69. The van der Waals surface area contributed by atoms with E-state index in [-0.39, 0.29) is 31.1 Å². The number of aryl methyl sites for hydroxylation is 1. The Labute approximate surface area is 237 Å². The molecule has 0 aliphatic carbocycles. The summed E-state index contributed by atoms with van der Waals surface area (Å²) in [7, 11) is 0. The van der Waals surface area contributed by atoms with Gasteiger partial charge >= 0.3 is 17.9 Å². The molecule has 0 unspecified atom stereocenters. The van der Waals surface area contributed by atoms with Crippen molar-refractivity contribution in [1.29, 1.82) is 0 Å². The number of benzene rings is 2. The molecular weight excluding hydrogens is 580 g/mol. The molecule has 0 bridgehead atoms. The van der Waals surface area contributed by atoms with Crippen molar-refractivity contribution in [2.24, 2.45) is 0 Å². The molecule has 2 aromatic carbocycles. The van der Waals surface area contributed by atoms with E-state index in [1.54, 1.807) is 0 Å². The van der Waals surface area contributed by atoms with Crippen molar-refractivity contribution in [3.63, 3.8) is 0 Å². The molecule has 2 atom stereocenters. The highest BCUT2D eigenvalue weighted by atomic mass is 79.9. The normalized spacial score (nSPS) is 12.7. The van der Waals surface area contributed by atoms with Crippen LogP contribution in [0.5, 0.6) is 11.5 Å². The molecule has 0 saturated heterocycles. The third kappa shape index (κ3) is 9.51. The van der Waals surface area contributed by atoms with Crippen molar-refractivity contribution in [2.45, 2.75) is 59.2 Å². The van der Waals surface area contributed by atoms with Gasteiger partial charge in [-0.2, -0.15) is 0 Å². The second-order valence-electron chi connectivity index (χ2n) is 9.30. The molecule has 0 radical (unpaired) electrons. The number of hydrogen-bond donors (Lipinski definition) is 0. The zero-order valence-corrected chi connectivity index (χ0v) is 24.8. The molecule has 10 heteroatoms. The van der Waals surface area contributed by atoms with E-state index in [9.17, 15) is 14.4 Å². The van der Waals surface area contributed by atoms with E-state index in [1.807, 2.05) is 37.3 Å². The molecule has 38 heavy (non-hydrogen) atoms. The van der Waals surface area contributed by atoms with Gasteiger partial charge in [0.25, 0.3) is 0 Å². The van der Waals surface area contributed by atoms with Gasteiger partial charge in [0.1, 0.15) is 37.4 Å². The molecule has 0 amide bonds. The molecule has 2 aromatic rings. The molecule has 2 rings (SSSR count). The van der Waals surface area contributed by atoms with E-state index >= 15 is 0 Å². The lowest BCUT2D eigenvalue weighted by Crippen LogP contribution is -2.29. The van der Waals surface area contributed by atoms with Crippen LogP contribution in [0.2, 0.25) is 0 Å². The molecule has 0 aromatic heterocycles. The van der Waals surface area contributed by atoms with Gasteiger partial charge in [-0.1, -0.05) is 32.0 Å². The summed E-state index contributed by atoms with van der Waals surface area (Å²) in [4.78, 5) is 33.7. The monoisotopic (exact) mass is 612 g/mol. The molecule has 0 N–H and O–H groups in total. The summed E-state index contributed by atoms with van der Waals surface area (Å²) in [6.07, 6.45) is -1.24. The Balaban J connectivity index is 2.12. The van der Waals surface area contributed by atoms with Crippen LogP contribution in [0.3, 0.4) is 0 Å². The van der Waals surface area contributed by atoms with Gasteiger partial charge in [-0.15, -0.1) is 11.6 Å². The van der Waals surface area contributed by atoms with E-state index in [2.05, 4.69) is 35.8 Å². The number of halogens is 2. The minimum absolute atomic E-state index is 0.0469. The molecule has 208 valence electrons. The first-order valence-corrected chi connectivity index (χ1v) is 13.4. The van der Waals surface area contributed by atoms with Gasteiger partial charge in [-0.3, -0.25) is 14.4 Å². The summed E-state index contributed by atoms with van der Waals surface area (Å²) in [5.41, 5.74) is 2.69. The van der Waals surface area contributed by atoms with Crippen molar-refractivity contribution in [3.05, 3.63) is 57.6 Å². The number of carbonyl (C=O) groups is 3. The first-order chi connectivity index (χ1) is 17.8. The fourth-order valence-electron chi connectivity index (χ4n) is 3.68. The van der Waals surface area contributed by atoms with Gasteiger partial charge in [0.05, 0.1) is 10.4 Å².